The first kappa shape index (κ1) is 19.0. The average molecular weight is 393 g/mol. The molecule has 0 fully saturated rings. The van der Waals surface area contributed by atoms with Crippen LogP contribution in [0.25, 0.3) is 11.1 Å². The SMILES string of the molecule is O=[N+]([O-])c1cccc2c1Cc1c(-c3ccoc3)ccc[n+]1C2.[O-][Cl+3]([O-])([O-])[O-]. The molecule has 0 unspecified atom stereocenters. The molecule has 1 aliphatic rings. The number of halogens is 1. The third-order valence-electron chi connectivity index (χ3n) is 4.15. The Hall–Kier alpha value is -2.82. The molecule has 0 radical (unpaired) electrons. The Morgan fingerprint density at radius 1 is 1.07 bits per heavy atom. The highest BCUT2D eigenvalue weighted by atomic mass is 35.7. The van der Waals surface area contributed by atoms with Gasteiger partial charge in [-0.3, -0.25) is 10.1 Å². The van der Waals surface area contributed by atoms with Crippen molar-refractivity contribution in [2.75, 3.05) is 0 Å². The second kappa shape index (κ2) is 7.43. The fraction of sp³-hybridized carbons (Fsp3) is 0.118. The van der Waals surface area contributed by atoms with Crippen molar-refractivity contribution in [2.24, 2.45) is 0 Å². The molecule has 4 rings (SSSR count). The maximum absolute atomic E-state index is 11.3. The Bertz CT molecular complexity index is 962. The number of pyridine rings is 1. The first-order valence-corrected chi connectivity index (χ1v) is 8.88. The van der Waals surface area contributed by atoms with Gasteiger partial charge in [0.05, 0.1) is 29.4 Å². The quantitative estimate of drug-likeness (QED) is 0.225. The third-order valence-corrected chi connectivity index (χ3v) is 4.15. The molecule has 140 valence electrons. The third kappa shape index (κ3) is 4.48. The minimum atomic E-state index is -4.94. The lowest BCUT2D eigenvalue weighted by Crippen LogP contribution is -2.68. The molecule has 3 aromatic rings. The molecule has 1 aromatic carbocycles. The van der Waals surface area contributed by atoms with Crippen LogP contribution in [-0.4, -0.2) is 4.92 Å². The highest BCUT2D eigenvalue weighted by Crippen LogP contribution is 2.31. The number of nitro benzene ring substituents is 1. The van der Waals surface area contributed by atoms with Crippen LogP contribution in [0.15, 0.2) is 59.5 Å². The minimum Gasteiger partial charge on any atom is -0.472 e. The van der Waals surface area contributed by atoms with Gasteiger partial charge in [-0.1, -0.05) is 12.1 Å². The zero-order valence-corrected chi connectivity index (χ0v) is 14.5. The van der Waals surface area contributed by atoms with Gasteiger partial charge in [0.15, 0.2) is 18.4 Å². The van der Waals surface area contributed by atoms with Gasteiger partial charge in [0.25, 0.3) is 5.69 Å². The predicted octanol–water partition coefficient (Wildman–Crippen LogP) is -1.66. The van der Waals surface area contributed by atoms with E-state index in [1.54, 1.807) is 24.7 Å². The van der Waals surface area contributed by atoms with E-state index in [0.717, 1.165) is 27.9 Å². The summed E-state index contributed by atoms with van der Waals surface area (Å²) in [5.74, 6) is 0. The summed E-state index contributed by atoms with van der Waals surface area (Å²) in [6.45, 7) is 0.651. The summed E-state index contributed by atoms with van der Waals surface area (Å²) in [7, 11) is -4.94. The second-order valence-electron chi connectivity index (χ2n) is 5.74. The molecular formula is C17H13ClN2O7. The number of rotatable bonds is 2. The lowest BCUT2D eigenvalue weighted by atomic mass is 9.93. The Labute approximate surface area is 155 Å². The van der Waals surface area contributed by atoms with Gasteiger partial charge < -0.3 is 4.42 Å². The van der Waals surface area contributed by atoms with Crippen molar-refractivity contribution in [3.8, 4) is 11.1 Å². The van der Waals surface area contributed by atoms with Gasteiger partial charge in [-0.05, 0) is 12.1 Å². The standard InChI is InChI=1S/C17H13N2O3.ClHO4/c20-19(21)16-5-1-3-12-10-18-7-2-4-14(13-6-8-22-11-13)17(18)9-15(12)16;2-1(3,4)5/h1-8,11H,9-10H2;(H,2,3,4,5)/q+1;/p-1. The Balaban J connectivity index is 0.000000376. The number of aromatic nitrogens is 1. The number of furan rings is 1. The van der Waals surface area contributed by atoms with Gasteiger partial charge >= 0.3 is 0 Å². The number of hydrogen-bond acceptors (Lipinski definition) is 7. The van der Waals surface area contributed by atoms with E-state index in [4.69, 9.17) is 23.1 Å². The number of fused-ring (bicyclic) bond motifs is 2. The molecule has 0 aliphatic carbocycles. The van der Waals surface area contributed by atoms with Crippen LogP contribution >= 0.6 is 0 Å². The molecule has 1 aliphatic heterocycles. The van der Waals surface area contributed by atoms with Crippen LogP contribution in [-0.2, 0) is 13.0 Å². The van der Waals surface area contributed by atoms with Crippen molar-refractivity contribution >= 4 is 5.69 Å². The van der Waals surface area contributed by atoms with Gasteiger partial charge in [-0.25, -0.2) is 18.6 Å². The zero-order chi connectivity index (χ0) is 19.6. The van der Waals surface area contributed by atoms with E-state index in [0.29, 0.717) is 13.0 Å². The Morgan fingerprint density at radius 3 is 2.44 bits per heavy atom. The lowest BCUT2D eigenvalue weighted by molar-refractivity contribution is -2.00. The molecule has 0 N–H and O–H groups in total. The summed E-state index contributed by atoms with van der Waals surface area (Å²) in [5, 5.41) is 11.3. The number of nitro groups is 1. The number of nitrogens with zero attached hydrogens (tertiary/aromatic N) is 2. The molecule has 0 amide bonds. The summed E-state index contributed by atoms with van der Waals surface area (Å²) in [6.07, 6.45) is 5.90. The fourth-order valence-corrected chi connectivity index (χ4v) is 3.10. The molecule has 27 heavy (non-hydrogen) atoms. The molecule has 3 heterocycles. The Kier molecular flexibility index (Phi) is 5.22. The topological polar surface area (TPSA) is 152 Å². The maximum Gasteiger partial charge on any atom is 0.273 e. The molecular weight excluding hydrogens is 380 g/mol. The maximum atomic E-state index is 11.3. The average Bonchev–Trinajstić information content (AvgIpc) is 3.11. The van der Waals surface area contributed by atoms with Gasteiger partial charge in [0.1, 0.15) is 0 Å². The highest BCUT2D eigenvalue weighted by Gasteiger charge is 2.30. The van der Waals surface area contributed by atoms with E-state index in [9.17, 15) is 10.1 Å². The summed E-state index contributed by atoms with van der Waals surface area (Å²) in [4.78, 5) is 11.0. The predicted molar refractivity (Wildman–Crippen MR) is 79.3 cm³/mol. The van der Waals surface area contributed by atoms with Crippen molar-refractivity contribution < 1.29 is 42.8 Å². The van der Waals surface area contributed by atoms with E-state index in [1.807, 2.05) is 30.5 Å². The normalized spacial score (nSPS) is 12.4. The van der Waals surface area contributed by atoms with E-state index < -0.39 is 10.2 Å². The molecule has 0 spiro atoms. The van der Waals surface area contributed by atoms with Crippen LogP contribution in [0, 0.1) is 20.4 Å². The highest BCUT2D eigenvalue weighted by molar-refractivity contribution is 5.65. The van der Waals surface area contributed by atoms with Crippen molar-refractivity contribution in [1.29, 1.82) is 0 Å². The van der Waals surface area contributed by atoms with E-state index >= 15 is 0 Å². The summed E-state index contributed by atoms with van der Waals surface area (Å²) < 4.78 is 41.3. The van der Waals surface area contributed by atoms with E-state index in [1.165, 1.54) is 0 Å². The van der Waals surface area contributed by atoms with Gasteiger partial charge in [0.2, 0.25) is 0 Å². The van der Waals surface area contributed by atoms with Crippen LogP contribution in [0.2, 0.25) is 0 Å². The zero-order valence-electron chi connectivity index (χ0n) is 13.7. The molecule has 2 aromatic heterocycles. The fourth-order valence-electron chi connectivity index (χ4n) is 3.10. The summed E-state index contributed by atoms with van der Waals surface area (Å²) in [6, 6.07) is 11.2. The first-order chi connectivity index (χ1) is 12.7. The van der Waals surface area contributed by atoms with Crippen LogP contribution in [0.5, 0.6) is 0 Å². The molecule has 10 heteroatoms. The monoisotopic (exact) mass is 392 g/mol. The van der Waals surface area contributed by atoms with Crippen LogP contribution in [0.4, 0.5) is 5.69 Å². The molecule has 0 atom stereocenters. The molecule has 0 saturated heterocycles. The van der Waals surface area contributed by atoms with Gasteiger partial charge in [0, 0.05) is 28.8 Å². The van der Waals surface area contributed by atoms with Gasteiger partial charge in [-0.2, -0.15) is 4.57 Å². The summed E-state index contributed by atoms with van der Waals surface area (Å²) >= 11 is 0. The number of hydrogen-bond donors (Lipinski definition) is 0. The van der Waals surface area contributed by atoms with Crippen molar-refractivity contribution in [2.45, 2.75) is 13.0 Å². The van der Waals surface area contributed by atoms with Crippen molar-refractivity contribution in [3.63, 3.8) is 0 Å². The van der Waals surface area contributed by atoms with Crippen LogP contribution in [0.1, 0.15) is 16.8 Å². The molecule has 0 saturated carbocycles. The first-order valence-electron chi connectivity index (χ1n) is 7.65. The van der Waals surface area contributed by atoms with E-state index in [2.05, 4.69) is 4.57 Å². The van der Waals surface area contributed by atoms with Crippen LogP contribution in [0.3, 0.4) is 0 Å². The van der Waals surface area contributed by atoms with Crippen LogP contribution < -0.4 is 23.2 Å². The van der Waals surface area contributed by atoms with Crippen molar-refractivity contribution in [3.05, 3.63) is 82.1 Å². The smallest absolute Gasteiger partial charge is 0.273 e. The second-order valence-corrected chi connectivity index (χ2v) is 6.49. The Morgan fingerprint density at radius 2 is 1.81 bits per heavy atom. The number of benzene rings is 1. The molecule has 0 bridgehead atoms. The lowest BCUT2D eigenvalue weighted by Gasteiger charge is -2.17. The van der Waals surface area contributed by atoms with E-state index in [-0.39, 0.29) is 10.6 Å². The summed E-state index contributed by atoms with van der Waals surface area (Å²) in [5.41, 5.74) is 5.14. The largest absolute Gasteiger partial charge is 0.472 e. The minimum absolute atomic E-state index is 0.200. The molecule has 9 nitrogen and oxygen atoms in total. The van der Waals surface area contributed by atoms with Crippen molar-refractivity contribution in [1.82, 2.24) is 0 Å². The van der Waals surface area contributed by atoms with Gasteiger partial charge in [-0.15, -0.1) is 10.2 Å².